The van der Waals surface area contributed by atoms with E-state index >= 15 is 0 Å². The van der Waals surface area contributed by atoms with Crippen molar-refractivity contribution in [3.8, 4) is 0 Å². The Hall–Kier alpha value is -1.02. The summed E-state index contributed by atoms with van der Waals surface area (Å²) >= 11 is 6.01. The summed E-state index contributed by atoms with van der Waals surface area (Å²) in [5.74, 6) is 0.997. The standard InChI is InChI=1S/C14H18ClNO/c1-8(2)6-9(3)13-11-7-10(15)4-5-12(11)16-14(13)17/h4-5,7-9,13H,6H2,1-3H3,(H,16,17). The number of carbonyl (C=O) groups is 1. The van der Waals surface area contributed by atoms with Crippen LogP contribution in [0.4, 0.5) is 5.69 Å². The van der Waals surface area contributed by atoms with Crippen LogP contribution in [0.2, 0.25) is 5.02 Å². The molecule has 1 heterocycles. The van der Waals surface area contributed by atoms with Gasteiger partial charge in [-0.3, -0.25) is 4.79 Å². The summed E-state index contributed by atoms with van der Waals surface area (Å²) in [4.78, 5) is 12.0. The number of nitrogens with one attached hydrogen (secondary N) is 1. The Kier molecular flexibility index (Phi) is 3.43. The molecule has 0 spiro atoms. The number of hydrogen-bond donors (Lipinski definition) is 1. The molecule has 1 amide bonds. The molecule has 1 N–H and O–H groups in total. The molecular weight excluding hydrogens is 234 g/mol. The maximum atomic E-state index is 12.0. The zero-order chi connectivity index (χ0) is 12.6. The third-order valence-corrected chi connectivity index (χ3v) is 3.54. The van der Waals surface area contributed by atoms with Gasteiger partial charge in [-0.2, -0.15) is 0 Å². The predicted octanol–water partition coefficient (Wildman–Crippen LogP) is 4.06. The van der Waals surface area contributed by atoms with Crippen LogP contribution >= 0.6 is 11.6 Å². The molecule has 0 saturated heterocycles. The normalized spacial score (nSPS) is 20.3. The lowest BCUT2D eigenvalue weighted by Gasteiger charge is -2.19. The Balaban J connectivity index is 2.30. The minimum absolute atomic E-state index is 0.0499. The molecule has 92 valence electrons. The second-order valence-electron chi connectivity index (χ2n) is 5.31. The maximum Gasteiger partial charge on any atom is 0.232 e. The zero-order valence-corrected chi connectivity index (χ0v) is 11.2. The molecule has 0 aromatic heterocycles. The van der Waals surface area contributed by atoms with Crippen molar-refractivity contribution in [2.45, 2.75) is 33.1 Å². The predicted molar refractivity (Wildman–Crippen MR) is 71.4 cm³/mol. The first-order valence-corrected chi connectivity index (χ1v) is 6.47. The van der Waals surface area contributed by atoms with Crippen LogP contribution in [0.5, 0.6) is 0 Å². The average molecular weight is 252 g/mol. The smallest absolute Gasteiger partial charge is 0.232 e. The van der Waals surface area contributed by atoms with Gasteiger partial charge >= 0.3 is 0 Å². The van der Waals surface area contributed by atoms with Crippen LogP contribution in [0.15, 0.2) is 18.2 Å². The molecule has 2 unspecified atom stereocenters. The van der Waals surface area contributed by atoms with Gasteiger partial charge in [0.2, 0.25) is 5.91 Å². The molecule has 0 radical (unpaired) electrons. The monoisotopic (exact) mass is 251 g/mol. The lowest BCUT2D eigenvalue weighted by molar-refractivity contribution is -0.118. The SMILES string of the molecule is CC(C)CC(C)C1C(=O)Nc2ccc(Cl)cc21. The molecule has 2 rings (SSSR count). The van der Waals surface area contributed by atoms with Gasteiger partial charge in [-0.15, -0.1) is 0 Å². The van der Waals surface area contributed by atoms with E-state index in [4.69, 9.17) is 11.6 Å². The fraction of sp³-hybridized carbons (Fsp3) is 0.500. The van der Waals surface area contributed by atoms with E-state index in [0.29, 0.717) is 16.9 Å². The van der Waals surface area contributed by atoms with Crippen molar-refractivity contribution in [3.63, 3.8) is 0 Å². The Labute approximate surface area is 107 Å². The fourth-order valence-electron chi connectivity index (χ4n) is 2.70. The highest BCUT2D eigenvalue weighted by Crippen LogP contribution is 2.40. The van der Waals surface area contributed by atoms with Gasteiger partial charge in [-0.25, -0.2) is 0 Å². The van der Waals surface area contributed by atoms with Crippen LogP contribution in [-0.2, 0) is 4.79 Å². The van der Waals surface area contributed by atoms with Crippen molar-refractivity contribution >= 4 is 23.2 Å². The lowest BCUT2D eigenvalue weighted by atomic mass is 9.83. The van der Waals surface area contributed by atoms with Crippen LogP contribution in [0.25, 0.3) is 0 Å². The first-order valence-electron chi connectivity index (χ1n) is 6.09. The molecular formula is C14H18ClNO. The van der Waals surface area contributed by atoms with Crippen molar-refractivity contribution in [1.29, 1.82) is 0 Å². The Morgan fingerprint density at radius 1 is 1.35 bits per heavy atom. The third-order valence-electron chi connectivity index (χ3n) is 3.30. The van der Waals surface area contributed by atoms with Crippen molar-refractivity contribution in [2.75, 3.05) is 5.32 Å². The number of amides is 1. The molecule has 1 aromatic rings. The van der Waals surface area contributed by atoms with Gasteiger partial charge in [-0.05, 0) is 42.0 Å². The summed E-state index contributed by atoms with van der Waals surface area (Å²) < 4.78 is 0. The minimum Gasteiger partial charge on any atom is -0.325 e. The third kappa shape index (κ3) is 2.47. The van der Waals surface area contributed by atoms with E-state index in [1.54, 1.807) is 0 Å². The number of rotatable bonds is 3. The van der Waals surface area contributed by atoms with Crippen LogP contribution in [0, 0.1) is 11.8 Å². The fourth-order valence-corrected chi connectivity index (χ4v) is 2.88. The summed E-state index contributed by atoms with van der Waals surface area (Å²) in [6.45, 7) is 6.50. The van der Waals surface area contributed by atoms with Gasteiger partial charge in [0.25, 0.3) is 0 Å². The van der Waals surface area contributed by atoms with Crippen LogP contribution in [0.1, 0.15) is 38.7 Å². The zero-order valence-electron chi connectivity index (χ0n) is 10.5. The number of halogens is 1. The summed E-state index contributed by atoms with van der Waals surface area (Å²) in [7, 11) is 0. The second-order valence-corrected chi connectivity index (χ2v) is 5.74. The van der Waals surface area contributed by atoms with Crippen molar-refractivity contribution in [3.05, 3.63) is 28.8 Å². The molecule has 0 aliphatic carbocycles. The van der Waals surface area contributed by atoms with E-state index in [2.05, 4.69) is 26.1 Å². The van der Waals surface area contributed by atoms with E-state index in [1.165, 1.54) is 0 Å². The van der Waals surface area contributed by atoms with Gasteiger partial charge in [0.1, 0.15) is 0 Å². The first kappa shape index (κ1) is 12.4. The number of hydrogen-bond acceptors (Lipinski definition) is 1. The van der Waals surface area contributed by atoms with E-state index in [1.807, 2.05) is 18.2 Å². The molecule has 3 heteroatoms. The van der Waals surface area contributed by atoms with Gasteiger partial charge < -0.3 is 5.32 Å². The quantitative estimate of drug-likeness (QED) is 0.863. The summed E-state index contributed by atoms with van der Waals surface area (Å²) in [6.07, 6.45) is 1.05. The van der Waals surface area contributed by atoms with Crippen molar-refractivity contribution in [1.82, 2.24) is 0 Å². The van der Waals surface area contributed by atoms with E-state index in [9.17, 15) is 4.79 Å². The summed E-state index contributed by atoms with van der Waals surface area (Å²) in [5, 5.41) is 3.63. The minimum atomic E-state index is -0.0499. The van der Waals surface area contributed by atoms with Gasteiger partial charge in [0, 0.05) is 10.7 Å². The molecule has 1 aliphatic heterocycles. The van der Waals surface area contributed by atoms with E-state index < -0.39 is 0 Å². The molecule has 0 fully saturated rings. The lowest BCUT2D eigenvalue weighted by Crippen LogP contribution is -2.20. The second kappa shape index (κ2) is 4.69. The number of carbonyl (C=O) groups excluding carboxylic acids is 1. The largest absolute Gasteiger partial charge is 0.325 e. The molecule has 1 aromatic carbocycles. The number of anilines is 1. The van der Waals surface area contributed by atoms with Gasteiger partial charge in [0.05, 0.1) is 5.92 Å². The van der Waals surface area contributed by atoms with Crippen LogP contribution < -0.4 is 5.32 Å². The average Bonchev–Trinajstić information content (AvgIpc) is 2.52. The highest BCUT2D eigenvalue weighted by molar-refractivity contribution is 6.31. The Morgan fingerprint density at radius 2 is 2.06 bits per heavy atom. The molecule has 2 atom stereocenters. The highest BCUT2D eigenvalue weighted by atomic mass is 35.5. The summed E-state index contributed by atoms with van der Waals surface area (Å²) in [6, 6.07) is 5.62. The number of benzene rings is 1. The molecule has 17 heavy (non-hydrogen) atoms. The van der Waals surface area contributed by atoms with Gasteiger partial charge in [-0.1, -0.05) is 32.4 Å². The molecule has 0 saturated carbocycles. The summed E-state index contributed by atoms with van der Waals surface area (Å²) in [5.41, 5.74) is 1.97. The Morgan fingerprint density at radius 3 is 2.71 bits per heavy atom. The van der Waals surface area contributed by atoms with Crippen LogP contribution in [-0.4, -0.2) is 5.91 Å². The van der Waals surface area contributed by atoms with E-state index in [-0.39, 0.29) is 11.8 Å². The van der Waals surface area contributed by atoms with Gasteiger partial charge in [0.15, 0.2) is 0 Å². The maximum absolute atomic E-state index is 12.0. The topological polar surface area (TPSA) is 29.1 Å². The van der Waals surface area contributed by atoms with Crippen molar-refractivity contribution < 1.29 is 4.79 Å². The van der Waals surface area contributed by atoms with Crippen LogP contribution in [0.3, 0.4) is 0 Å². The Bertz CT molecular complexity index is 442. The van der Waals surface area contributed by atoms with Crippen molar-refractivity contribution in [2.24, 2.45) is 11.8 Å². The molecule has 0 bridgehead atoms. The molecule has 2 nitrogen and oxygen atoms in total. The van der Waals surface area contributed by atoms with E-state index in [0.717, 1.165) is 17.7 Å². The first-order chi connectivity index (χ1) is 7.99. The highest BCUT2D eigenvalue weighted by Gasteiger charge is 2.34. The number of fused-ring (bicyclic) bond motifs is 1. The molecule has 1 aliphatic rings.